The third-order valence-electron chi connectivity index (χ3n) is 7.14. The maximum Gasteiger partial charge on any atom is 0.223 e. The fourth-order valence-corrected chi connectivity index (χ4v) is 4.95. The number of piperidine rings is 2. The molecule has 2 aliphatic heterocycles. The van der Waals surface area contributed by atoms with Gasteiger partial charge in [0.05, 0.1) is 0 Å². The van der Waals surface area contributed by atoms with Crippen molar-refractivity contribution >= 4 is 17.4 Å². The Bertz CT molecular complexity index is 1060. The number of nitrogens with zero attached hydrogens (tertiary/aromatic N) is 6. The molecule has 2 saturated heterocycles. The standard InChI is InChI=1S/C25H33N7O/c1-19-2-4-21(5-3-19)17-30-12-8-20(9-13-30)16-26-25(33)22-10-14-31(15-11-22)24-7-6-23-28-27-18-32(23)29-24/h2-7,18,20,22H,8-17H2,1H3,(H,26,33). The minimum Gasteiger partial charge on any atom is -0.356 e. The number of hydrogen-bond acceptors (Lipinski definition) is 6. The lowest BCUT2D eigenvalue weighted by Crippen LogP contribution is -2.43. The zero-order valence-corrected chi connectivity index (χ0v) is 19.4. The summed E-state index contributed by atoms with van der Waals surface area (Å²) in [6.45, 7) is 7.86. The third-order valence-corrected chi connectivity index (χ3v) is 7.14. The number of rotatable bonds is 6. The summed E-state index contributed by atoms with van der Waals surface area (Å²) >= 11 is 0. The van der Waals surface area contributed by atoms with Crippen molar-refractivity contribution in [1.29, 1.82) is 0 Å². The molecule has 0 atom stereocenters. The van der Waals surface area contributed by atoms with Gasteiger partial charge in [0.15, 0.2) is 5.65 Å². The van der Waals surface area contributed by atoms with E-state index in [4.69, 9.17) is 0 Å². The maximum absolute atomic E-state index is 12.8. The van der Waals surface area contributed by atoms with Gasteiger partial charge in [0.2, 0.25) is 5.91 Å². The molecular formula is C25H33N7O. The molecule has 0 saturated carbocycles. The van der Waals surface area contributed by atoms with Crippen LogP contribution < -0.4 is 10.2 Å². The van der Waals surface area contributed by atoms with E-state index in [0.717, 1.165) is 76.4 Å². The van der Waals surface area contributed by atoms with Crippen molar-refractivity contribution < 1.29 is 4.79 Å². The minimum atomic E-state index is 0.0986. The quantitative estimate of drug-likeness (QED) is 0.626. The van der Waals surface area contributed by atoms with Gasteiger partial charge >= 0.3 is 0 Å². The fraction of sp³-hybridized carbons (Fsp3) is 0.520. The van der Waals surface area contributed by atoms with Crippen LogP contribution in [0.1, 0.15) is 36.8 Å². The summed E-state index contributed by atoms with van der Waals surface area (Å²) in [5.41, 5.74) is 3.44. The molecule has 2 aromatic heterocycles. The highest BCUT2D eigenvalue weighted by Gasteiger charge is 2.27. The van der Waals surface area contributed by atoms with Crippen molar-refractivity contribution in [2.45, 2.75) is 39.2 Å². The maximum atomic E-state index is 12.8. The van der Waals surface area contributed by atoms with Crippen molar-refractivity contribution in [3.05, 3.63) is 53.9 Å². The predicted molar refractivity (Wildman–Crippen MR) is 128 cm³/mol. The van der Waals surface area contributed by atoms with E-state index in [1.54, 1.807) is 10.8 Å². The van der Waals surface area contributed by atoms with Crippen LogP contribution in [0.4, 0.5) is 5.82 Å². The van der Waals surface area contributed by atoms with Crippen molar-refractivity contribution in [3.63, 3.8) is 0 Å². The summed E-state index contributed by atoms with van der Waals surface area (Å²) in [5, 5.41) is 15.7. The average Bonchev–Trinajstić information content (AvgIpc) is 3.33. The Hall–Kier alpha value is -3.00. The van der Waals surface area contributed by atoms with Crippen molar-refractivity contribution in [3.8, 4) is 0 Å². The first kappa shape index (κ1) is 21.8. The summed E-state index contributed by atoms with van der Waals surface area (Å²) in [4.78, 5) is 17.6. The van der Waals surface area contributed by atoms with Gasteiger partial charge < -0.3 is 10.2 Å². The van der Waals surface area contributed by atoms with E-state index in [0.29, 0.717) is 5.92 Å². The molecule has 33 heavy (non-hydrogen) atoms. The molecular weight excluding hydrogens is 414 g/mol. The second-order valence-electron chi connectivity index (χ2n) is 9.54. The normalized spacial score (nSPS) is 18.6. The summed E-state index contributed by atoms with van der Waals surface area (Å²) in [5.74, 6) is 1.82. The molecule has 174 valence electrons. The number of hydrogen-bond donors (Lipinski definition) is 1. The first-order valence-electron chi connectivity index (χ1n) is 12.1. The second-order valence-corrected chi connectivity index (χ2v) is 9.54. The van der Waals surface area contributed by atoms with E-state index in [1.807, 2.05) is 12.1 Å². The van der Waals surface area contributed by atoms with Crippen LogP contribution in [0.3, 0.4) is 0 Å². The Labute approximate surface area is 195 Å². The van der Waals surface area contributed by atoms with Crippen LogP contribution in [0.25, 0.3) is 5.65 Å². The predicted octanol–water partition coefficient (Wildman–Crippen LogP) is 2.68. The number of likely N-dealkylation sites (tertiary alicyclic amines) is 1. The molecule has 8 heteroatoms. The van der Waals surface area contributed by atoms with Gasteiger partial charge in [-0.3, -0.25) is 9.69 Å². The van der Waals surface area contributed by atoms with Gasteiger partial charge in [-0.1, -0.05) is 29.8 Å². The zero-order valence-electron chi connectivity index (χ0n) is 19.4. The van der Waals surface area contributed by atoms with E-state index in [-0.39, 0.29) is 11.8 Å². The molecule has 0 spiro atoms. The highest BCUT2D eigenvalue weighted by atomic mass is 16.1. The number of carbonyl (C=O) groups excluding carboxylic acids is 1. The molecule has 8 nitrogen and oxygen atoms in total. The second kappa shape index (κ2) is 9.87. The lowest BCUT2D eigenvalue weighted by molar-refractivity contribution is -0.125. The first-order valence-corrected chi connectivity index (χ1v) is 12.1. The highest BCUT2D eigenvalue weighted by Crippen LogP contribution is 2.23. The smallest absolute Gasteiger partial charge is 0.223 e. The van der Waals surface area contributed by atoms with E-state index >= 15 is 0 Å². The van der Waals surface area contributed by atoms with Gasteiger partial charge in [-0.15, -0.1) is 15.3 Å². The number of nitrogens with one attached hydrogen (secondary N) is 1. The van der Waals surface area contributed by atoms with Crippen LogP contribution in [-0.4, -0.2) is 63.3 Å². The first-order chi connectivity index (χ1) is 16.1. The molecule has 2 fully saturated rings. The van der Waals surface area contributed by atoms with Crippen molar-refractivity contribution in [1.82, 2.24) is 30.0 Å². The average molecular weight is 448 g/mol. The SMILES string of the molecule is Cc1ccc(CN2CCC(CNC(=O)C3CCN(c4ccc5nncn5n4)CC3)CC2)cc1. The molecule has 0 aliphatic carbocycles. The number of anilines is 1. The van der Waals surface area contributed by atoms with Gasteiger partial charge in [-0.25, -0.2) is 0 Å². The topological polar surface area (TPSA) is 78.7 Å². The Morgan fingerprint density at radius 1 is 1.00 bits per heavy atom. The van der Waals surface area contributed by atoms with Crippen LogP contribution in [0.15, 0.2) is 42.7 Å². The largest absolute Gasteiger partial charge is 0.356 e. The van der Waals surface area contributed by atoms with Gasteiger partial charge in [0.1, 0.15) is 12.1 Å². The molecule has 2 aliphatic rings. The molecule has 0 unspecified atom stereocenters. The zero-order chi connectivity index (χ0) is 22.6. The molecule has 0 radical (unpaired) electrons. The monoisotopic (exact) mass is 447 g/mol. The molecule has 1 N–H and O–H groups in total. The summed E-state index contributed by atoms with van der Waals surface area (Å²) in [7, 11) is 0. The molecule has 1 aromatic carbocycles. The van der Waals surface area contributed by atoms with E-state index in [2.05, 4.69) is 61.6 Å². The van der Waals surface area contributed by atoms with Crippen molar-refractivity contribution in [2.24, 2.45) is 11.8 Å². The van der Waals surface area contributed by atoms with E-state index in [9.17, 15) is 4.79 Å². The Morgan fingerprint density at radius 2 is 1.76 bits per heavy atom. The van der Waals surface area contributed by atoms with Crippen LogP contribution in [0, 0.1) is 18.8 Å². The lowest BCUT2D eigenvalue weighted by atomic mass is 9.94. The van der Waals surface area contributed by atoms with Gasteiger partial charge in [0, 0.05) is 32.1 Å². The summed E-state index contributed by atoms with van der Waals surface area (Å²) < 4.78 is 1.69. The van der Waals surface area contributed by atoms with Crippen molar-refractivity contribution in [2.75, 3.05) is 37.6 Å². The van der Waals surface area contributed by atoms with Crippen LogP contribution in [0.2, 0.25) is 0 Å². The van der Waals surface area contributed by atoms with Gasteiger partial charge in [-0.2, -0.15) is 4.52 Å². The number of aromatic nitrogens is 4. The number of carbonyl (C=O) groups is 1. The van der Waals surface area contributed by atoms with E-state index in [1.165, 1.54) is 11.1 Å². The lowest BCUT2D eigenvalue weighted by Gasteiger charge is -2.34. The molecule has 5 rings (SSSR count). The van der Waals surface area contributed by atoms with Gasteiger partial charge in [0.25, 0.3) is 0 Å². The van der Waals surface area contributed by atoms with Crippen LogP contribution >= 0.6 is 0 Å². The summed E-state index contributed by atoms with van der Waals surface area (Å²) in [6.07, 6.45) is 5.65. The molecule has 3 aromatic rings. The summed E-state index contributed by atoms with van der Waals surface area (Å²) in [6, 6.07) is 12.8. The molecule has 0 bridgehead atoms. The van der Waals surface area contributed by atoms with Gasteiger partial charge in [-0.05, 0) is 69.3 Å². The number of aryl methyl sites for hydroxylation is 1. The van der Waals surface area contributed by atoms with Crippen LogP contribution in [-0.2, 0) is 11.3 Å². The number of fused-ring (bicyclic) bond motifs is 1. The Morgan fingerprint density at radius 3 is 2.52 bits per heavy atom. The van der Waals surface area contributed by atoms with E-state index < -0.39 is 0 Å². The molecule has 4 heterocycles. The van der Waals surface area contributed by atoms with Crippen LogP contribution in [0.5, 0.6) is 0 Å². The fourth-order valence-electron chi connectivity index (χ4n) is 4.95. The number of benzene rings is 1. The molecule has 1 amide bonds. The Balaban J connectivity index is 1.03. The number of amides is 1. The highest BCUT2D eigenvalue weighted by molar-refractivity contribution is 5.79. The Kier molecular flexibility index (Phi) is 6.53. The third kappa shape index (κ3) is 5.33. The minimum absolute atomic E-state index is 0.0986.